The minimum Gasteiger partial charge on any atom is -0.465 e. The summed E-state index contributed by atoms with van der Waals surface area (Å²) >= 11 is 0. The van der Waals surface area contributed by atoms with Gasteiger partial charge in [-0.2, -0.15) is 5.10 Å². The van der Waals surface area contributed by atoms with Gasteiger partial charge in [0.2, 0.25) is 0 Å². The minimum absolute atomic E-state index is 0.322. The normalized spacial score (nSPS) is 10.6. The molecule has 0 spiro atoms. The predicted octanol–water partition coefficient (Wildman–Crippen LogP) is 3.49. The number of hydrogen-bond acceptors (Lipinski definition) is 5. The van der Waals surface area contributed by atoms with Crippen molar-refractivity contribution in [3.63, 3.8) is 0 Å². The molecule has 0 unspecified atom stereocenters. The summed E-state index contributed by atoms with van der Waals surface area (Å²) in [6.07, 6.45) is 2.26. The largest absolute Gasteiger partial charge is 0.465 e. The van der Waals surface area contributed by atoms with Gasteiger partial charge in [0, 0.05) is 11.9 Å². The van der Waals surface area contributed by atoms with Crippen LogP contribution >= 0.6 is 0 Å². The molecular weight excluding hydrogens is 356 g/mol. The topological polar surface area (TPSA) is 86.1 Å². The summed E-state index contributed by atoms with van der Waals surface area (Å²) in [5.74, 6) is -0.227. The molecule has 0 radical (unpaired) electrons. The van der Waals surface area contributed by atoms with E-state index < -0.39 is 5.97 Å². The van der Waals surface area contributed by atoms with Crippen molar-refractivity contribution in [3.8, 4) is 5.82 Å². The number of benzene rings is 1. The number of methoxy groups -OCH3 is 1. The fourth-order valence-corrected chi connectivity index (χ4v) is 2.90. The van der Waals surface area contributed by atoms with Gasteiger partial charge in [0.05, 0.1) is 29.6 Å². The van der Waals surface area contributed by atoms with E-state index in [4.69, 9.17) is 4.74 Å². The van der Waals surface area contributed by atoms with Crippen LogP contribution in [-0.2, 0) is 11.2 Å². The number of rotatable bonds is 5. The number of hydrogen-bond donors (Lipinski definition) is 1. The third-order valence-corrected chi connectivity index (χ3v) is 4.38. The number of pyridine rings is 1. The van der Waals surface area contributed by atoms with E-state index in [0.29, 0.717) is 22.6 Å². The first-order chi connectivity index (χ1) is 13.4. The number of nitrogens with zero attached hydrogens (tertiary/aromatic N) is 3. The Bertz CT molecular complexity index is 1020. The quantitative estimate of drug-likeness (QED) is 0.687. The van der Waals surface area contributed by atoms with Gasteiger partial charge in [0.15, 0.2) is 5.82 Å². The Morgan fingerprint density at radius 3 is 2.50 bits per heavy atom. The van der Waals surface area contributed by atoms with E-state index >= 15 is 0 Å². The summed E-state index contributed by atoms with van der Waals surface area (Å²) in [5, 5.41) is 7.15. The van der Waals surface area contributed by atoms with E-state index in [1.54, 1.807) is 28.9 Å². The molecular formula is C21H22N4O3. The lowest BCUT2D eigenvalue weighted by molar-refractivity contribution is 0.0602. The Morgan fingerprint density at radius 1 is 1.14 bits per heavy atom. The first-order valence-corrected chi connectivity index (χ1v) is 8.95. The zero-order valence-corrected chi connectivity index (χ0v) is 16.3. The zero-order chi connectivity index (χ0) is 20.3. The van der Waals surface area contributed by atoms with Crippen LogP contribution in [0.4, 0.5) is 5.69 Å². The van der Waals surface area contributed by atoms with Crippen LogP contribution in [0.15, 0.2) is 42.6 Å². The molecule has 3 rings (SSSR count). The molecule has 0 saturated heterocycles. The molecule has 0 saturated carbocycles. The van der Waals surface area contributed by atoms with Crippen LogP contribution in [0, 0.1) is 13.8 Å². The van der Waals surface area contributed by atoms with Crippen LogP contribution in [0.25, 0.3) is 5.82 Å². The van der Waals surface area contributed by atoms with Crippen molar-refractivity contribution >= 4 is 17.6 Å². The van der Waals surface area contributed by atoms with E-state index in [0.717, 1.165) is 23.4 Å². The molecule has 28 heavy (non-hydrogen) atoms. The number of ether oxygens (including phenoxy) is 1. The van der Waals surface area contributed by atoms with Gasteiger partial charge in [-0.15, -0.1) is 0 Å². The molecule has 0 aliphatic heterocycles. The summed E-state index contributed by atoms with van der Waals surface area (Å²) in [4.78, 5) is 29.0. The lowest BCUT2D eigenvalue weighted by Gasteiger charge is -2.11. The monoisotopic (exact) mass is 378 g/mol. The summed E-state index contributed by atoms with van der Waals surface area (Å²) in [5.41, 5.74) is 3.93. The number of aryl methyl sites for hydroxylation is 3. The zero-order valence-electron chi connectivity index (χ0n) is 16.3. The lowest BCUT2D eigenvalue weighted by atomic mass is 10.1. The molecule has 0 aliphatic rings. The molecule has 1 amide bonds. The van der Waals surface area contributed by atoms with E-state index in [1.165, 1.54) is 13.3 Å². The molecule has 144 valence electrons. The van der Waals surface area contributed by atoms with Gasteiger partial charge in [0.1, 0.15) is 0 Å². The fourth-order valence-electron chi connectivity index (χ4n) is 2.90. The number of nitrogens with one attached hydrogen (secondary N) is 1. The SMILES string of the molecule is CCc1ccc(NC(=O)c2ccc(-n3nc(C)cc3C)nc2)c(C(=O)OC)c1. The Morgan fingerprint density at radius 2 is 1.93 bits per heavy atom. The third-order valence-electron chi connectivity index (χ3n) is 4.38. The summed E-state index contributed by atoms with van der Waals surface area (Å²) in [6.45, 7) is 5.84. The average Bonchev–Trinajstić information content (AvgIpc) is 3.05. The van der Waals surface area contributed by atoms with Gasteiger partial charge in [-0.05, 0) is 56.2 Å². The molecule has 0 aliphatic carbocycles. The lowest BCUT2D eigenvalue weighted by Crippen LogP contribution is -2.16. The molecule has 2 heterocycles. The number of anilines is 1. The molecule has 2 aromatic heterocycles. The van der Waals surface area contributed by atoms with Crippen molar-refractivity contribution < 1.29 is 14.3 Å². The molecule has 7 nitrogen and oxygen atoms in total. The van der Waals surface area contributed by atoms with Crippen LogP contribution < -0.4 is 5.32 Å². The highest BCUT2D eigenvalue weighted by atomic mass is 16.5. The van der Waals surface area contributed by atoms with Gasteiger partial charge >= 0.3 is 5.97 Å². The van der Waals surface area contributed by atoms with Gasteiger partial charge in [0.25, 0.3) is 5.91 Å². The number of carbonyl (C=O) groups excluding carboxylic acids is 2. The van der Waals surface area contributed by atoms with Crippen LogP contribution in [0.1, 0.15) is 44.6 Å². The number of aromatic nitrogens is 3. The Kier molecular flexibility index (Phi) is 5.54. The maximum absolute atomic E-state index is 12.6. The number of esters is 1. The third kappa shape index (κ3) is 3.93. The van der Waals surface area contributed by atoms with Gasteiger partial charge in [-0.3, -0.25) is 4.79 Å². The van der Waals surface area contributed by atoms with Gasteiger partial charge < -0.3 is 10.1 Å². The van der Waals surface area contributed by atoms with Crippen molar-refractivity contribution in [2.75, 3.05) is 12.4 Å². The van der Waals surface area contributed by atoms with Crippen LogP contribution in [0.3, 0.4) is 0 Å². The highest BCUT2D eigenvalue weighted by Crippen LogP contribution is 2.20. The summed E-state index contributed by atoms with van der Waals surface area (Å²) in [6, 6.07) is 10.7. The Labute approximate surface area is 163 Å². The molecule has 0 fully saturated rings. The maximum atomic E-state index is 12.6. The molecule has 1 aromatic carbocycles. The van der Waals surface area contributed by atoms with Crippen molar-refractivity contribution in [2.45, 2.75) is 27.2 Å². The molecule has 0 atom stereocenters. The van der Waals surface area contributed by atoms with E-state index in [1.807, 2.05) is 32.9 Å². The fraction of sp³-hybridized carbons (Fsp3) is 0.238. The molecule has 3 aromatic rings. The van der Waals surface area contributed by atoms with Gasteiger partial charge in [-0.25, -0.2) is 14.5 Å². The number of amides is 1. The van der Waals surface area contributed by atoms with E-state index in [2.05, 4.69) is 15.4 Å². The second-order valence-electron chi connectivity index (χ2n) is 6.42. The Balaban J connectivity index is 1.83. The summed E-state index contributed by atoms with van der Waals surface area (Å²) in [7, 11) is 1.31. The highest BCUT2D eigenvalue weighted by Gasteiger charge is 2.16. The van der Waals surface area contributed by atoms with E-state index in [-0.39, 0.29) is 5.91 Å². The van der Waals surface area contributed by atoms with Crippen molar-refractivity contribution in [1.29, 1.82) is 0 Å². The van der Waals surface area contributed by atoms with Crippen LogP contribution in [-0.4, -0.2) is 33.8 Å². The number of carbonyl (C=O) groups is 2. The first kappa shape index (κ1) is 19.3. The van der Waals surface area contributed by atoms with Gasteiger partial charge in [-0.1, -0.05) is 13.0 Å². The molecule has 7 heteroatoms. The second-order valence-corrected chi connectivity index (χ2v) is 6.42. The van der Waals surface area contributed by atoms with Crippen LogP contribution in [0.5, 0.6) is 0 Å². The van der Waals surface area contributed by atoms with Crippen molar-refractivity contribution in [2.24, 2.45) is 0 Å². The van der Waals surface area contributed by atoms with Crippen molar-refractivity contribution in [1.82, 2.24) is 14.8 Å². The smallest absolute Gasteiger partial charge is 0.339 e. The highest BCUT2D eigenvalue weighted by molar-refractivity contribution is 6.08. The minimum atomic E-state index is -0.497. The summed E-state index contributed by atoms with van der Waals surface area (Å²) < 4.78 is 6.55. The van der Waals surface area contributed by atoms with Crippen molar-refractivity contribution in [3.05, 3.63) is 70.7 Å². The predicted molar refractivity (Wildman–Crippen MR) is 106 cm³/mol. The maximum Gasteiger partial charge on any atom is 0.339 e. The van der Waals surface area contributed by atoms with E-state index in [9.17, 15) is 9.59 Å². The molecule has 0 bridgehead atoms. The average molecular weight is 378 g/mol. The Hall–Kier alpha value is -3.48. The second kappa shape index (κ2) is 8.04. The molecule has 1 N–H and O–H groups in total. The first-order valence-electron chi connectivity index (χ1n) is 8.95. The van der Waals surface area contributed by atoms with Crippen LogP contribution in [0.2, 0.25) is 0 Å². The standard InChI is InChI=1S/C21H22N4O3/c1-5-15-6-8-18(17(11-15)21(27)28-4)23-20(26)16-7-9-19(22-12-16)25-14(3)10-13(2)24-25/h6-12H,5H2,1-4H3,(H,23,26).